The van der Waals surface area contributed by atoms with Crippen molar-refractivity contribution in [2.24, 2.45) is 0 Å². The summed E-state index contributed by atoms with van der Waals surface area (Å²) in [6.45, 7) is 6.23. The van der Waals surface area contributed by atoms with Crippen LogP contribution in [0.25, 0.3) is 0 Å². The van der Waals surface area contributed by atoms with Gasteiger partial charge in [0.2, 0.25) is 5.91 Å². The first-order valence-electron chi connectivity index (χ1n) is 9.76. The SMILES string of the molecule is Cc1ccc(CN(C(=O)CN2CCCC2c2ccccc2C)C2CC2)o1. The molecule has 1 amide bonds. The number of aryl methyl sites for hydroxylation is 2. The molecule has 1 saturated heterocycles. The molecule has 2 heterocycles. The molecule has 1 aliphatic heterocycles. The Bertz CT molecular complexity index is 778. The van der Waals surface area contributed by atoms with E-state index in [0.29, 0.717) is 25.2 Å². The number of hydrogen-bond donors (Lipinski definition) is 0. The van der Waals surface area contributed by atoms with Crippen LogP contribution in [0.3, 0.4) is 0 Å². The highest BCUT2D eigenvalue weighted by atomic mass is 16.3. The summed E-state index contributed by atoms with van der Waals surface area (Å²) in [4.78, 5) is 17.5. The number of benzene rings is 1. The van der Waals surface area contributed by atoms with Gasteiger partial charge in [-0.2, -0.15) is 0 Å². The summed E-state index contributed by atoms with van der Waals surface area (Å²) in [5.74, 6) is 2.03. The summed E-state index contributed by atoms with van der Waals surface area (Å²) >= 11 is 0. The molecular formula is C22H28N2O2. The number of rotatable bonds is 6. The molecule has 1 saturated carbocycles. The van der Waals surface area contributed by atoms with Crippen molar-refractivity contribution < 1.29 is 9.21 Å². The predicted octanol–water partition coefficient (Wildman–Crippen LogP) is 4.22. The lowest BCUT2D eigenvalue weighted by molar-refractivity contribution is -0.134. The Morgan fingerprint density at radius 2 is 1.96 bits per heavy atom. The maximum absolute atomic E-state index is 13.1. The van der Waals surface area contributed by atoms with Gasteiger partial charge in [-0.15, -0.1) is 0 Å². The summed E-state index contributed by atoms with van der Waals surface area (Å²) in [6, 6.07) is 13.3. The molecule has 1 aromatic carbocycles. The molecule has 1 aromatic heterocycles. The first kappa shape index (κ1) is 17.3. The van der Waals surface area contributed by atoms with Crippen LogP contribution in [-0.4, -0.2) is 34.8 Å². The van der Waals surface area contributed by atoms with Gasteiger partial charge in [-0.3, -0.25) is 9.69 Å². The molecule has 4 nitrogen and oxygen atoms in total. The summed E-state index contributed by atoms with van der Waals surface area (Å²) in [7, 11) is 0. The molecule has 0 bridgehead atoms. The molecule has 26 heavy (non-hydrogen) atoms. The number of carbonyl (C=O) groups excluding carboxylic acids is 1. The zero-order valence-electron chi connectivity index (χ0n) is 15.8. The number of carbonyl (C=O) groups is 1. The summed E-state index contributed by atoms with van der Waals surface area (Å²) in [5, 5.41) is 0. The first-order chi connectivity index (χ1) is 12.6. The van der Waals surface area contributed by atoms with Crippen molar-refractivity contribution >= 4 is 5.91 Å². The molecule has 138 valence electrons. The van der Waals surface area contributed by atoms with Crippen molar-refractivity contribution in [1.29, 1.82) is 0 Å². The Morgan fingerprint density at radius 1 is 1.15 bits per heavy atom. The first-order valence-corrected chi connectivity index (χ1v) is 9.76. The Labute approximate surface area is 155 Å². The Kier molecular flexibility index (Phi) is 4.86. The monoisotopic (exact) mass is 352 g/mol. The summed E-state index contributed by atoms with van der Waals surface area (Å²) < 4.78 is 5.71. The van der Waals surface area contributed by atoms with Crippen LogP contribution in [0.2, 0.25) is 0 Å². The van der Waals surface area contributed by atoms with E-state index in [0.717, 1.165) is 43.7 Å². The predicted molar refractivity (Wildman–Crippen MR) is 102 cm³/mol. The quantitative estimate of drug-likeness (QED) is 0.781. The molecule has 1 atom stereocenters. The van der Waals surface area contributed by atoms with E-state index in [4.69, 9.17) is 4.42 Å². The van der Waals surface area contributed by atoms with Crippen LogP contribution in [0, 0.1) is 13.8 Å². The van der Waals surface area contributed by atoms with E-state index in [2.05, 4.69) is 36.1 Å². The number of furan rings is 1. The highest BCUT2D eigenvalue weighted by Crippen LogP contribution is 2.34. The van der Waals surface area contributed by atoms with Gasteiger partial charge in [-0.1, -0.05) is 24.3 Å². The minimum atomic E-state index is 0.238. The summed E-state index contributed by atoms with van der Waals surface area (Å²) in [5.41, 5.74) is 2.69. The van der Waals surface area contributed by atoms with Crippen molar-refractivity contribution in [3.8, 4) is 0 Å². The van der Waals surface area contributed by atoms with Gasteiger partial charge in [0.05, 0.1) is 13.1 Å². The van der Waals surface area contributed by atoms with Gasteiger partial charge in [-0.05, 0) is 69.3 Å². The minimum Gasteiger partial charge on any atom is -0.464 e. The van der Waals surface area contributed by atoms with E-state index in [1.54, 1.807) is 0 Å². The molecule has 0 radical (unpaired) electrons. The maximum Gasteiger partial charge on any atom is 0.237 e. The molecule has 0 N–H and O–H groups in total. The Morgan fingerprint density at radius 3 is 2.65 bits per heavy atom. The van der Waals surface area contributed by atoms with Gasteiger partial charge >= 0.3 is 0 Å². The highest BCUT2D eigenvalue weighted by Gasteiger charge is 2.36. The minimum absolute atomic E-state index is 0.238. The standard InChI is InChI=1S/C22H28N2O2/c1-16-6-3-4-7-20(16)21-8-5-13-23(21)15-22(25)24(18-10-11-18)14-19-12-9-17(2)26-19/h3-4,6-7,9,12,18,21H,5,8,10-11,13-15H2,1-2H3. The third kappa shape index (κ3) is 3.70. The van der Waals surface area contributed by atoms with E-state index < -0.39 is 0 Å². The molecule has 2 aliphatic rings. The molecule has 1 aliphatic carbocycles. The van der Waals surface area contributed by atoms with Gasteiger partial charge in [0, 0.05) is 12.1 Å². The lowest BCUT2D eigenvalue weighted by Gasteiger charge is -2.29. The number of nitrogens with zero attached hydrogens (tertiary/aromatic N) is 2. The van der Waals surface area contributed by atoms with Gasteiger partial charge in [0.15, 0.2) is 0 Å². The largest absolute Gasteiger partial charge is 0.464 e. The zero-order valence-corrected chi connectivity index (χ0v) is 15.8. The van der Waals surface area contributed by atoms with Gasteiger partial charge in [0.25, 0.3) is 0 Å². The molecule has 4 heteroatoms. The topological polar surface area (TPSA) is 36.7 Å². The molecular weight excluding hydrogens is 324 g/mol. The van der Waals surface area contributed by atoms with Crippen LogP contribution >= 0.6 is 0 Å². The second-order valence-electron chi connectivity index (χ2n) is 7.75. The smallest absolute Gasteiger partial charge is 0.237 e. The van der Waals surface area contributed by atoms with E-state index in [1.807, 2.05) is 24.0 Å². The van der Waals surface area contributed by atoms with E-state index in [1.165, 1.54) is 11.1 Å². The second-order valence-corrected chi connectivity index (χ2v) is 7.75. The average Bonchev–Trinajstić information content (AvgIpc) is 3.23. The van der Waals surface area contributed by atoms with E-state index in [9.17, 15) is 4.79 Å². The van der Waals surface area contributed by atoms with Crippen molar-refractivity contribution in [2.75, 3.05) is 13.1 Å². The molecule has 2 fully saturated rings. The van der Waals surface area contributed by atoms with Crippen molar-refractivity contribution in [1.82, 2.24) is 9.80 Å². The molecule has 0 spiro atoms. The molecule has 1 unspecified atom stereocenters. The van der Waals surface area contributed by atoms with Crippen LogP contribution in [0.15, 0.2) is 40.8 Å². The van der Waals surface area contributed by atoms with Crippen LogP contribution in [0.1, 0.15) is 54.4 Å². The average molecular weight is 352 g/mol. The summed E-state index contributed by atoms with van der Waals surface area (Å²) in [6.07, 6.45) is 4.53. The zero-order chi connectivity index (χ0) is 18.1. The fraction of sp³-hybridized carbons (Fsp3) is 0.500. The third-order valence-electron chi connectivity index (χ3n) is 5.68. The number of likely N-dealkylation sites (tertiary alicyclic amines) is 1. The van der Waals surface area contributed by atoms with Gasteiger partial charge in [-0.25, -0.2) is 0 Å². The van der Waals surface area contributed by atoms with Gasteiger partial charge < -0.3 is 9.32 Å². The number of amides is 1. The van der Waals surface area contributed by atoms with Crippen molar-refractivity contribution in [2.45, 2.75) is 58.2 Å². The van der Waals surface area contributed by atoms with Gasteiger partial charge in [0.1, 0.15) is 11.5 Å². The second kappa shape index (κ2) is 7.28. The number of hydrogen-bond acceptors (Lipinski definition) is 3. The fourth-order valence-corrected chi connectivity index (χ4v) is 4.14. The van der Waals surface area contributed by atoms with E-state index in [-0.39, 0.29) is 5.91 Å². The lowest BCUT2D eigenvalue weighted by atomic mass is 9.99. The van der Waals surface area contributed by atoms with E-state index >= 15 is 0 Å². The molecule has 2 aromatic rings. The van der Waals surface area contributed by atoms with Crippen molar-refractivity contribution in [3.05, 3.63) is 59.0 Å². The molecule has 4 rings (SSSR count). The Hall–Kier alpha value is -2.07. The van der Waals surface area contributed by atoms with Crippen LogP contribution < -0.4 is 0 Å². The normalized spacial score (nSPS) is 20.5. The lowest BCUT2D eigenvalue weighted by Crippen LogP contribution is -2.41. The highest BCUT2D eigenvalue weighted by molar-refractivity contribution is 5.79. The van der Waals surface area contributed by atoms with Crippen LogP contribution in [-0.2, 0) is 11.3 Å². The fourth-order valence-electron chi connectivity index (χ4n) is 4.14. The third-order valence-corrected chi connectivity index (χ3v) is 5.68. The maximum atomic E-state index is 13.1. The van der Waals surface area contributed by atoms with Crippen LogP contribution in [0.4, 0.5) is 0 Å². The van der Waals surface area contributed by atoms with Crippen LogP contribution in [0.5, 0.6) is 0 Å². The van der Waals surface area contributed by atoms with Crippen molar-refractivity contribution in [3.63, 3.8) is 0 Å². The Balaban J connectivity index is 1.46.